The second kappa shape index (κ2) is 8.99. The molecule has 2 aliphatic rings. The molecule has 3 heterocycles. The van der Waals surface area contributed by atoms with Gasteiger partial charge in [0.2, 0.25) is 0 Å². The van der Waals surface area contributed by atoms with Gasteiger partial charge in [0.15, 0.2) is 11.6 Å². The van der Waals surface area contributed by atoms with Crippen LogP contribution in [0, 0.1) is 12.7 Å². The molecule has 0 bridgehead atoms. The van der Waals surface area contributed by atoms with Gasteiger partial charge in [-0.2, -0.15) is 0 Å². The molecular formula is C23H29ClFN3O. The van der Waals surface area contributed by atoms with E-state index in [0.29, 0.717) is 23.5 Å². The molecule has 1 aromatic carbocycles. The van der Waals surface area contributed by atoms with Crippen LogP contribution in [0.15, 0.2) is 36.5 Å². The number of aromatic nitrogens is 1. The van der Waals surface area contributed by atoms with Crippen molar-refractivity contribution in [1.29, 1.82) is 0 Å². The molecule has 2 fully saturated rings. The fraction of sp³-hybridized carbons (Fsp3) is 0.522. The van der Waals surface area contributed by atoms with E-state index >= 15 is 0 Å². The van der Waals surface area contributed by atoms with Gasteiger partial charge >= 0.3 is 0 Å². The monoisotopic (exact) mass is 417 g/mol. The number of hydrogen-bond acceptors (Lipinski definition) is 4. The second-order valence-corrected chi connectivity index (χ2v) is 8.75. The lowest BCUT2D eigenvalue weighted by Crippen LogP contribution is -2.56. The quantitative estimate of drug-likeness (QED) is 0.733. The van der Waals surface area contributed by atoms with Crippen LogP contribution in [0.4, 0.5) is 10.2 Å². The molecule has 29 heavy (non-hydrogen) atoms. The molecule has 0 amide bonds. The minimum absolute atomic E-state index is 0.188. The largest absolute Gasteiger partial charge is 0.376 e. The van der Waals surface area contributed by atoms with Crippen molar-refractivity contribution in [3.63, 3.8) is 0 Å². The molecule has 0 spiro atoms. The third-order valence-electron chi connectivity index (χ3n) is 6.19. The highest BCUT2D eigenvalue weighted by molar-refractivity contribution is 6.30. The fourth-order valence-corrected chi connectivity index (χ4v) is 4.67. The van der Waals surface area contributed by atoms with Gasteiger partial charge in [-0.05, 0) is 62.4 Å². The van der Waals surface area contributed by atoms with Crippen LogP contribution in [0.1, 0.15) is 30.9 Å². The van der Waals surface area contributed by atoms with Crippen LogP contribution < -0.4 is 4.90 Å². The minimum Gasteiger partial charge on any atom is -0.376 e. The first-order valence-corrected chi connectivity index (χ1v) is 10.9. The van der Waals surface area contributed by atoms with Gasteiger partial charge in [-0.3, -0.25) is 4.90 Å². The van der Waals surface area contributed by atoms with E-state index in [0.717, 1.165) is 50.5 Å². The number of halogens is 2. The lowest BCUT2D eigenvalue weighted by Gasteiger charge is -2.46. The number of piperidine rings is 1. The summed E-state index contributed by atoms with van der Waals surface area (Å²) in [4.78, 5) is 9.02. The first kappa shape index (κ1) is 20.6. The van der Waals surface area contributed by atoms with Gasteiger partial charge in [-0.25, -0.2) is 9.37 Å². The third kappa shape index (κ3) is 4.73. The molecule has 4 rings (SSSR count). The van der Waals surface area contributed by atoms with Crippen molar-refractivity contribution < 1.29 is 9.13 Å². The highest BCUT2D eigenvalue weighted by atomic mass is 35.5. The number of morpholine rings is 1. The van der Waals surface area contributed by atoms with E-state index in [2.05, 4.69) is 33.8 Å². The summed E-state index contributed by atoms with van der Waals surface area (Å²) >= 11 is 6.04. The van der Waals surface area contributed by atoms with Gasteiger partial charge in [-0.1, -0.05) is 23.7 Å². The molecule has 1 aromatic heterocycles. The maximum atomic E-state index is 14.5. The van der Waals surface area contributed by atoms with Crippen LogP contribution in [0.5, 0.6) is 0 Å². The predicted octanol–water partition coefficient (Wildman–Crippen LogP) is 4.48. The van der Waals surface area contributed by atoms with E-state index in [1.807, 2.05) is 12.1 Å². The Bertz CT molecular complexity index is 823. The molecule has 2 saturated heterocycles. The Hall–Kier alpha value is -1.69. The normalized spacial score (nSPS) is 24.1. The van der Waals surface area contributed by atoms with Crippen LogP contribution in [0.3, 0.4) is 0 Å². The molecule has 0 saturated carbocycles. The van der Waals surface area contributed by atoms with Crippen molar-refractivity contribution in [3.05, 3.63) is 58.5 Å². The van der Waals surface area contributed by atoms with Crippen molar-refractivity contribution in [2.75, 3.05) is 31.1 Å². The van der Waals surface area contributed by atoms with E-state index < -0.39 is 0 Å². The van der Waals surface area contributed by atoms with Crippen molar-refractivity contribution in [3.8, 4) is 0 Å². The maximum Gasteiger partial charge on any atom is 0.168 e. The minimum atomic E-state index is -0.188. The molecular weight excluding hydrogens is 389 g/mol. The summed E-state index contributed by atoms with van der Waals surface area (Å²) in [5.74, 6) is 0.308. The summed E-state index contributed by atoms with van der Waals surface area (Å²) in [6.07, 6.45) is 4.92. The average molecular weight is 418 g/mol. The van der Waals surface area contributed by atoms with Gasteiger partial charge in [0.25, 0.3) is 0 Å². The molecule has 2 aliphatic heterocycles. The lowest BCUT2D eigenvalue weighted by atomic mass is 9.96. The van der Waals surface area contributed by atoms with Crippen molar-refractivity contribution in [1.82, 2.24) is 9.88 Å². The first-order valence-electron chi connectivity index (χ1n) is 10.5. The number of hydrogen-bond donors (Lipinski definition) is 0. The number of aryl methyl sites for hydroxylation is 1. The zero-order valence-corrected chi connectivity index (χ0v) is 17.9. The molecule has 4 nitrogen and oxygen atoms in total. The Kier molecular flexibility index (Phi) is 6.38. The number of anilines is 1. The fourth-order valence-electron chi connectivity index (χ4n) is 4.54. The first-order chi connectivity index (χ1) is 14.0. The summed E-state index contributed by atoms with van der Waals surface area (Å²) in [7, 11) is 0. The van der Waals surface area contributed by atoms with Crippen LogP contribution in [0.25, 0.3) is 0 Å². The van der Waals surface area contributed by atoms with Gasteiger partial charge in [0.05, 0.1) is 12.7 Å². The Morgan fingerprint density at radius 3 is 2.62 bits per heavy atom. The highest BCUT2D eigenvalue weighted by Gasteiger charge is 2.34. The standard InChI is InChI=1S/C23H29ClFN3O/c1-16-7-10-26-23(22(16)25)27-11-8-20(9-12-27)28-14-17(2)29-15-21(28)13-18-3-5-19(24)6-4-18/h3-7,10,17,20-21H,8-9,11-15H2,1-2H3/t17-,21-/m0/s1. The van der Waals surface area contributed by atoms with Gasteiger partial charge in [-0.15, -0.1) is 0 Å². The van der Waals surface area contributed by atoms with Crippen molar-refractivity contribution in [2.45, 2.75) is 51.3 Å². The van der Waals surface area contributed by atoms with Crippen LogP contribution in [0.2, 0.25) is 5.02 Å². The second-order valence-electron chi connectivity index (χ2n) is 8.31. The zero-order valence-electron chi connectivity index (χ0n) is 17.2. The molecule has 0 unspecified atom stereocenters. The van der Waals surface area contributed by atoms with Crippen LogP contribution in [-0.4, -0.2) is 54.3 Å². The SMILES string of the molecule is Cc1ccnc(N2CCC(N3C[C@H](C)OC[C@@H]3Cc3ccc(Cl)cc3)CC2)c1F. The summed E-state index contributed by atoms with van der Waals surface area (Å²) in [5.41, 5.74) is 1.94. The summed E-state index contributed by atoms with van der Waals surface area (Å²) in [6, 6.07) is 10.7. The van der Waals surface area contributed by atoms with Gasteiger partial charge in [0.1, 0.15) is 0 Å². The van der Waals surface area contributed by atoms with Crippen molar-refractivity contribution in [2.24, 2.45) is 0 Å². The molecule has 2 aromatic rings. The summed E-state index contributed by atoms with van der Waals surface area (Å²) < 4.78 is 20.5. The molecule has 0 N–H and O–H groups in total. The molecule has 0 aliphatic carbocycles. The number of ether oxygens (including phenoxy) is 1. The predicted molar refractivity (Wildman–Crippen MR) is 115 cm³/mol. The molecule has 156 valence electrons. The number of nitrogens with zero attached hydrogens (tertiary/aromatic N) is 3. The van der Waals surface area contributed by atoms with E-state index in [4.69, 9.17) is 16.3 Å². The van der Waals surface area contributed by atoms with Gasteiger partial charge in [0, 0.05) is 42.9 Å². The number of benzene rings is 1. The molecule has 2 atom stereocenters. The van der Waals surface area contributed by atoms with Crippen LogP contribution >= 0.6 is 11.6 Å². The van der Waals surface area contributed by atoms with Gasteiger partial charge < -0.3 is 9.64 Å². The lowest BCUT2D eigenvalue weighted by molar-refractivity contribution is -0.0745. The van der Waals surface area contributed by atoms with E-state index in [1.165, 1.54) is 5.56 Å². The smallest absolute Gasteiger partial charge is 0.168 e. The number of rotatable bonds is 4. The van der Waals surface area contributed by atoms with Crippen molar-refractivity contribution >= 4 is 17.4 Å². The van der Waals surface area contributed by atoms with E-state index in [-0.39, 0.29) is 11.9 Å². The Morgan fingerprint density at radius 2 is 1.90 bits per heavy atom. The summed E-state index contributed by atoms with van der Waals surface area (Å²) in [6.45, 7) is 7.30. The highest BCUT2D eigenvalue weighted by Crippen LogP contribution is 2.28. The zero-order chi connectivity index (χ0) is 20.4. The van der Waals surface area contributed by atoms with E-state index in [1.54, 1.807) is 19.2 Å². The summed E-state index contributed by atoms with van der Waals surface area (Å²) in [5, 5.41) is 0.767. The van der Waals surface area contributed by atoms with E-state index in [9.17, 15) is 4.39 Å². The third-order valence-corrected chi connectivity index (χ3v) is 6.44. The Balaban J connectivity index is 1.43. The topological polar surface area (TPSA) is 28.6 Å². The maximum absolute atomic E-state index is 14.5. The Morgan fingerprint density at radius 1 is 1.17 bits per heavy atom. The van der Waals surface area contributed by atoms with Crippen LogP contribution in [-0.2, 0) is 11.2 Å². The Labute approximate surface area is 177 Å². The number of pyridine rings is 1. The molecule has 6 heteroatoms. The average Bonchev–Trinajstić information content (AvgIpc) is 2.73. The molecule has 0 radical (unpaired) electrons.